The molecule has 0 amide bonds. The number of hydrogen-bond donors (Lipinski definition) is 1. The lowest BCUT2D eigenvalue weighted by atomic mass is 9.88. The summed E-state index contributed by atoms with van der Waals surface area (Å²) in [6.45, 7) is 4.69. The molecule has 0 unspecified atom stereocenters. The molecule has 0 radical (unpaired) electrons. The Balaban J connectivity index is 2.31. The lowest BCUT2D eigenvalue weighted by molar-refractivity contribution is 0.279. The van der Waals surface area contributed by atoms with E-state index in [0.29, 0.717) is 12.5 Å². The molecule has 15 heavy (non-hydrogen) atoms. The Labute approximate surface area is 90.1 Å². The first-order valence-corrected chi connectivity index (χ1v) is 5.03. The predicted molar refractivity (Wildman–Crippen MR) is 62.0 cm³/mol. The van der Waals surface area contributed by atoms with Gasteiger partial charge in [0, 0.05) is 5.56 Å². The Bertz CT molecular complexity index is 401. The smallest absolute Gasteiger partial charge is 0.304 e. The summed E-state index contributed by atoms with van der Waals surface area (Å²) in [6, 6.07) is 7.63. The first-order valence-electron chi connectivity index (χ1n) is 5.03. The van der Waals surface area contributed by atoms with Gasteiger partial charge in [-0.3, -0.25) is 0 Å². The minimum Gasteiger partial charge on any atom is -0.475 e. The highest BCUT2D eigenvalue weighted by Crippen LogP contribution is 2.19. The van der Waals surface area contributed by atoms with Crippen LogP contribution in [0.3, 0.4) is 0 Å². The summed E-state index contributed by atoms with van der Waals surface area (Å²) in [5, 5.41) is 9.03. The molecule has 1 aliphatic heterocycles. The summed E-state index contributed by atoms with van der Waals surface area (Å²) >= 11 is 0. The van der Waals surface area contributed by atoms with Gasteiger partial charge in [0.05, 0.1) is 5.54 Å². The lowest BCUT2D eigenvalue weighted by Gasteiger charge is -2.07. The third-order valence-corrected chi connectivity index (χ3v) is 2.32. The van der Waals surface area contributed by atoms with Crippen molar-refractivity contribution in [2.75, 3.05) is 6.61 Å². The van der Waals surface area contributed by atoms with Crippen LogP contribution < -0.4 is 5.46 Å². The standard InChI is InChI=1S/C11H14BNO2/c1-11(2)7-15-10(13-11)8-4-3-5-9(6-8)12-14/h3-6,12,14H,7H2,1-2H3. The molecule has 0 atom stereocenters. The van der Waals surface area contributed by atoms with E-state index in [9.17, 15) is 0 Å². The maximum atomic E-state index is 9.03. The van der Waals surface area contributed by atoms with Crippen LogP contribution in [-0.4, -0.2) is 30.5 Å². The van der Waals surface area contributed by atoms with Gasteiger partial charge in [-0.1, -0.05) is 23.7 Å². The van der Waals surface area contributed by atoms with Gasteiger partial charge in [0.2, 0.25) is 5.90 Å². The SMILES string of the molecule is CC1(C)COC(c2cccc(BO)c2)=N1. The fraction of sp³-hybridized carbons (Fsp3) is 0.364. The topological polar surface area (TPSA) is 41.8 Å². The van der Waals surface area contributed by atoms with E-state index in [4.69, 9.17) is 9.76 Å². The van der Waals surface area contributed by atoms with Gasteiger partial charge in [0.1, 0.15) is 6.61 Å². The number of aliphatic imine (C=N–C) groups is 1. The third-order valence-electron chi connectivity index (χ3n) is 2.32. The van der Waals surface area contributed by atoms with Crippen LogP contribution in [0, 0.1) is 0 Å². The van der Waals surface area contributed by atoms with Crippen molar-refractivity contribution in [2.45, 2.75) is 19.4 Å². The average molecular weight is 203 g/mol. The van der Waals surface area contributed by atoms with Crippen molar-refractivity contribution in [2.24, 2.45) is 4.99 Å². The normalized spacial score (nSPS) is 18.2. The molecule has 1 heterocycles. The Hall–Kier alpha value is -1.29. The molecule has 0 saturated carbocycles. The molecule has 0 spiro atoms. The van der Waals surface area contributed by atoms with Crippen molar-refractivity contribution in [3.8, 4) is 0 Å². The van der Waals surface area contributed by atoms with Crippen molar-refractivity contribution in [1.29, 1.82) is 0 Å². The Morgan fingerprint density at radius 1 is 1.47 bits per heavy atom. The van der Waals surface area contributed by atoms with Crippen LogP contribution in [0.4, 0.5) is 0 Å². The van der Waals surface area contributed by atoms with E-state index in [0.717, 1.165) is 11.0 Å². The molecule has 0 aliphatic carbocycles. The van der Waals surface area contributed by atoms with Gasteiger partial charge in [-0.15, -0.1) is 0 Å². The molecular formula is C11H14BNO2. The van der Waals surface area contributed by atoms with Crippen LogP contribution >= 0.6 is 0 Å². The molecule has 4 heteroatoms. The molecule has 0 fully saturated rings. The second-order valence-corrected chi connectivity index (χ2v) is 4.38. The van der Waals surface area contributed by atoms with Crippen molar-refractivity contribution in [3.05, 3.63) is 29.8 Å². The minimum atomic E-state index is -0.134. The Morgan fingerprint density at radius 2 is 2.27 bits per heavy atom. The number of benzene rings is 1. The molecule has 1 aromatic rings. The van der Waals surface area contributed by atoms with Crippen LogP contribution in [0.25, 0.3) is 0 Å². The number of hydrogen-bond acceptors (Lipinski definition) is 3. The lowest BCUT2D eigenvalue weighted by Crippen LogP contribution is -2.17. The summed E-state index contributed by atoms with van der Waals surface area (Å²) in [5.41, 5.74) is 1.68. The summed E-state index contributed by atoms with van der Waals surface area (Å²) in [4.78, 5) is 4.48. The van der Waals surface area contributed by atoms with Crippen LogP contribution in [0.1, 0.15) is 19.4 Å². The van der Waals surface area contributed by atoms with E-state index in [1.54, 1.807) is 0 Å². The second-order valence-electron chi connectivity index (χ2n) is 4.38. The fourth-order valence-electron chi connectivity index (χ4n) is 1.54. The Morgan fingerprint density at radius 3 is 2.87 bits per heavy atom. The van der Waals surface area contributed by atoms with E-state index in [1.807, 2.05) is 38.1 Å². The van der Waals surface area contributed by atoms with Gasteiger partial charge in [-0.2, -0.15) is 0 Å². The molecule has 78 valence electrons. The molecule has 1 aromatic carbocycles. The Kier molecular flexibility index (Phi) is 2.53. The van der Waals surface area contributed by atoms with Crippen LogP contribution in [0.15, 0.2) is 29.3 Å². The molecule has 0 bridgehead atoms. The number of rotatable bonds is 2. The van der Waals surface area contributed by atoms with Crippen molar-refractivity contribution >= 4 is 18.8 Å². The van der Waals surface area contributed by atoms with Crippen LogP contribution in [0.2, 0.25) is 0 Å². The molecule has 0 aromatic heterocycles. The summed E-state index contributed by atoms with van der Waals surface area (Å²) in [6.07, 6.45) is 0. The zero-order chi connectivity index (χ0) is 10.9. The number of nitrogens with zero attached hydrogens (tertiary/aromatic N) is 1. The van der Waals surface area contributed by atoms with Crippen molar-refractivity contribution < 1.29 is 9.76 Å². The summed E-state index contributed by atoms with van der Waals surface area (Å²) < 4.78 is 5.52. The maximum Gasteiger partial charge on any atom is 0.304 e. The third kappa shape index (κ3) is 2.21. The van der Waals surface area contributed by atoms with E-state index in [-0.39, 0.29) is 13.0 Å². The minimum absolute atomic E-state index is 0.0461. The van der Waals surface area contributed by atoms with E-state index in [2.05, 4.69) is 4.99 Å². The van der Waals surface area contributed by atoms with Gasteiger partial charge < -0.3 is 9.76 Å². The van der Waals surface area contributed by atoms with Crippen LogP contribution in [-0.2, 0) is 4.74 Å². The highest BCUT2D eigenvalue weighted by atomic mass is 16.5. The maximum absolute atomic E-state index is 9.03. The average Bonchev–Trinajstić information content (AvgIpc) is 2.59. The molecule has 1 aliphatic rings. The largest absolute Gasteiger partial charge is 0.475 e. The summed E-state index contributed by atoms with van der Waals surface area (Å²) in [5.74, 6) is 0.676. The zero-order valence-corrected chi connectivity index (χ0v) is 9.03. The van der Waals surface area contributed by atoms with Crippen molar-refractivity contribution in [1.82, 2.24) is 0 Å². The summed E-state index contributed by atoms with van der Waals surface area (Å²) in [7, 11) is 0.0461. The highest BCUT2D eigenvalue weighted by Gasteiger charge is 2.26. The molecule has 2 rings (SSSR count). The van der Waals surface area contributed by atoms with Gasteiger partial charge in [0.25, 0.3) is 0 Å². The number of ether oxygens (including phenoxy) is 1. The van der Waals surface area contributed by atoms with E-state index in [1.165, 1.54) is 0 Å². The zero-order valence-electron chi connectivity index (χ0n) is 9.03. The second kappa shape index (κ2) is 3.70. The fourth-order valence-corrected chi connectivity index (χ4v) is 1.54. The molecule has 1 N–H and O–H groups in total. The van der Waals surface area contributed by atoms with Crippen LogP contribution in [0.5, 0.6) is 0 Å². The first kappa shape index (κ1) is 10.2. The van der Waals surface area contributed by atoms with Gasteiger partial charge >= 0.3 is 7.48 Å². The first-order chi connectivity index (χ1) is 7.11. The monoisotopic (exact) mass is 203 g/mol. The van der Waals surface area contributed by atoms with Gasteiger partial charge in [0.15, 0.2) is 0 Å². The van der Waals surface area contributed by atoms with Gasteiger partial charge in [-0.05, 0) is 19.9 Å². The predicted octanol–water partition coefficient (Wildman–Crippen LogP) is 0.211. The quantitative estimate of drug-likeness (QED) is 0.698. The van der Waals surface area contributed by atoms with E-state index >= 15 is 0 Å². The molecular weight excluding hydrogens is 189 g/mol. The molecule has 3 nitrogen and oxygen atoms in total. The van der Waals surface area contributed by atoms with Gasteiger partial charge in [-0.25, -0.2) is 4.99 Å². The van der Waals surface area contributed by atoms with Crippen molar-refractivity contribution in [3.63, 3.8) is 0 Å². The molecule has 0 saturated heterocycles. The highest BCUT2D eigenvalue weighted by molar-refractivity contribution is 6.45. The van der Waals surface area contributed by atoms with E-state index < -0.39 is 0 Å².